The Bertz CT molecular complexity index is 476. The van der Waals surface area contributed by atoms with Crippen LogP contribution in [-0.4, -0.2) is 16.3 Å². The van der Waals surface area contributed by atoms with Crippen LogP contribution in [0.1, 0.15) is 5.56 Å². The number of amidine groups is 1. The fourth-order valence-corrected chi connectivity index (χ4v) is 2.67. The number of halogens is 2. The second kappa shape index (κ2) is 4.65. The van der Waals surface area contributed by atoms with Crippen LogP contribution >= 0.6 is 35.0 Å². The molecule has 3 nitrogen and oxygen atoms in total. The maximum absolute atomic E-state index is 11.4. The van der Waals surface area contributed by atoms with Crippen LogP contribution in [0, 0.1) is 0 Å². The molecule has 16 heavy (non-hydrogen) atoms. The molecule has 1 aromatic rings. The van der Waals surface area contributed by atoms with Gasteiger partial charge >= 0.3 is 0 Å². The van der Waals surface area contributed by atoms with Crippen molar-refractivity contribution >= 4 is 46.0 Å². The SMILES string of the molecule is NC1=NC(=O)[C@H](Cc2cc(Cl)ccc2Cl)S1. The second-order valence-electron chi connectivity index (χ2n) is 3.33. The average molecular weight is 275 g/mol. The molecule has 1 atom stereocenters. The summed E-state index contributed by atoms with van der Waals surface area (Å²) in [7, 11) is 0. The lowest BCUT2D eigenvalue weighted by Gasteiger charge is -2.08. The van der Waals surface area contributed by atoms with Gasteiger partial charge in [0, 0.05) is 10.0 Å². The Balaban J connectivity index is 2.16. The number of nitrogens with zero attached hydrogens (tertiary/aromatic N) is 1. The molecule has 0 spiro atoms. The number of benzene rings is 1. The summed E-state index contributed by atoms with van der Waals surface area (Å²) in [6.45, 7) is 0. The van der Waals surface area contributed by atoms with Crippen molar-refractivity contribution in [2.24, 2.45) is 10.7 Å². The van der Waals surface area contributed by atoms with Gasteiger partial charge in [-0.05, 0) is 30.2 Å². The zero-order valence-corrected chi connectivity index (χ0v) is 10.4. The lowest BCUT2D eigenvalue weighted by Crippen LogP contribution is -2.14. The molecule has 1 aromatic carbocycles. The number of rotatable bonds is 2. The van der Waals surface area contributed by atoms with Crippen molar-refractivity contribution in [3.8, 4) is 0 Å². The molecule has 2 N–H and O–H groups in total. The van der Waals surface area contributed by atoms with Crippen molar-refractivity contribution in [2.45, 2.75) is 11.7 Å². The molecule has 1 aliphatic heterocycles. The van der Waals surface area contributed by atoms with Crippen LogP contribution in [0.15, 0.2) is 23.2 Å². The third-order valence-electron chi connectivity index (χ3n) is 2.17. The van der Waals surface area contributed by atoms with Gasteiger partial charge in [-0.3, -0.25) is 4.79 Å². The van der Waals surface area contributed by atoms with Crippen molar-refractivity contribution in [1.29, 1.82) is 0 Å². The van der Waals surface area contributed by atoms with Gasteiger partial charge in [-0.1, -0.05) is 35.0 Å². The van der Waals surface area contributed by atoms with E-state index in [1.807, 2.05) is 0 Å². The average Bonchev–Trinajstić information content (AvgIpc) is 2.51. The fourth-order valence-electron chi connectivity index (χ4n) is 1.43. The summed E-state index contributed by atoms with van der Waals surface area (Å²) in [5.41, 5.74) is 6.31. The molecule has 0 aromatic heterocycles. The molecule has 0 unspecified atom stereocenters. The molecule has 84 valence electrons. The van der Waals surface area contributed by atoms with Gasteiger partial charge in [-0.2, -0.15) is 4.99 Å². The molecule has 0 saturated heterocycles. The standard InChI is InChI=1S/C10H8Cl2N2OS/c11-6-1-2-7(12)5(3-6)4-8-9(15)14-10(13)16-8/h1-3,8H,4H2,(H2,13,14,15)/t8-/m0/s1. The second-order valence-corrected chi connectivity index (χ2v) is 5.40. The molecule has 0 aliphatic carbocycles. The van der Waals surface area contributed by atoms with Crippen LogP contribution < -0.4 is 5.73 Å². The molecule has 1 amide bonds. The number of hydrogen-bond donors (Lipinski definition) is 1. The monoisotopic (exact) mass is 274 g/mol. The summed E-state index contributed by atoms with van der Waals surface area (Å²) in [6.07, 6.45) is 0.493. The first-order valence-corrected chi connectivity index (χ1v) is 6.18. The Morgan fingerprint density at radius 1 is 1.44 bits per heavy atom. The van der Waals surface area contributed by atoms with E-state index in [0.29, 0.717) is 21.6 Å². The summed E-state index contributed by atoms with van der Waals surface area (Å²) in [6, 6.07) is 5.18. The van der Waals surface area contributed by atoms with E-state index in [1.54, 1.807) is 18.2 Å². The molecular weight excluding hydrogens is 267 g/mol. The third-order valence-corrected chi connectivity index (χ3v) is 3.76. The van der Waals surface area contributed by atoms with Gasteiger partial charge in [-0.15, -0.1) is 0 Å². The molecule has 0 saturated carbocycles. The molecule has 0 bridgehead atoms. The number of hydrogen-bond acceptors (Lipinski definition) is 3. The highest BCUT2D eigenvalue weighted by Crippen LogP contribution is 2.28. The molecule has 1 heterocycles. The molecule has 2 rings (SSSR count). The van der Waals surface area contributed by atoms with Crippen molar-refractivity contribution in [2.75, 3.05) is 0 Å². The van der Waals surface area contributed by atoms with Crippen LogP contribution in [-0.2, 0) is 11.2 Å². The molecule has 0 fully saturated rings. The Morgan fingerprint density at radius 3 is 2.81 bits per heavy atom. The Labute approximate surface area is 107 Å². The highest BCUT2D eigenvalue weighted by molar-refractivity contribution is 8.15. The lowest BCUT2D eigenvalue weighted by atomic mass is 10.1. The molecule has 0 radical (unpaired) electrons. The van der Waals surface area contributed by atoms with Crippen molar-refractivity contribution in [3.63, 3.8) is 0 Å². The maximum atomic E-state index is 11.4. The lowest BCUT2D eigenvalue weighted by molar-refractivity contribution is -0.117. The first-order chi connectivity index (χ1) is 7.56. The van der Waals surface area contributed by atoms with Crippen LogP contribution in [0.5, 0.6) is 0 Å². The van der Waals surface area contributed by atoms with E-state index in [0.717, 1.165) is 5.56 Å². The van der Waals surface area contributed by atoms with E-state index in [4.69, 9.17) is 28.9 Å². The normalized spacial score (nSPS) is 20.0. The van der Waals surface area contributed by atoms with Crippen molar-refractivity contribution in [3.05, 3.63) is 33.8 Å². The van der Waals surface area contributed by atoms with E-state index in [1.165, 1.54) is 11.8 Å². The molecule has 6 heteroatoms. The van der Waals surface area contributed by atoms with Crippen LogP contribution in [0.25, 0.3) is 0 Å². The highest BCUT2D eigenvalue weighted by atomic mass is 35.5. The van der Waals surface area contributed by atoms with Gasteiger partial charge in [0.2, 0.25) is 0 Å². The first-order valence-electron chi connectivity index (χ1n) is 4.55. The summed E-state index contributed by atoms with van der Waals surface area (Å²) >= 11 is 13.1. The Hall–Kier alpha value is -0.710. The van der Waals surface area contributed by atoms with E-state index >= 15 is 0 Å². The summed E-state index contributed by atoms with van der Waals surface area (Å²) in [4.78, 5) is 15.1. The van der Waals surface area contributed by atoms with E-state index in [9.17, 15) is 4.79 Å². The van der Waals surface area contributed by atoms with Crippen LogP contribution in [0.4, 0.5) is 0 Å². The van der Waals surface area contributed by atoms with E-state index < -0.39 is 0 Å². The van der Waals surface area contributed by atoms with Gasteiger partial charge in [0.25, 0.3) is 5.91 Å². The zero-order valence-electron chi connectivity index (χ0n) is 8.11. The number of thioether (sulfide) groups is 1. The first kappa shape index (κ1) is 11.8. The summed E-state index contributed by atoms with van der Waals surface area (Å²) < 4.78 is 0. The minimum absolute atomic E-state index is 0.210. The quantitative estimate of drug-likeness (QED) is 0.902. The van der Waals surface area contributed by atoms with E-state index in [2.05, 4.69) is 4.99 Å². The van der Waals surface area contributed by atoms with E-state index in [-0.39, 0.29) is 11.2 Å². The number of carbonyl (C=O) groups is 1. The summed E-state index contributed by atoms with van der Waals surface area (Å²) in [5.74, 6) is -0.210. The predicted octanol–water partition coefficient (Wildman–Crippen LogP) is 2.49. The van der Waals surface area contributed by atoms with Crippen molar-refractivity contribution < 1.29 is 4.79 Å². The van der Waals surface area contributed by atoms with Gasteiger partial charge < -0.3 is 5.73 Å². The molecular formula is C10H8Cl2N2OS. The largest absolute Gasteiger partial charge is 0.378 e. The topological polar surface area (TPSA) is 55.4 Å². The maximum Gasteiger partial charge on any atom is 0.261 e. The number of carbonyl (C=O) groups excluding carboxylic acids is 1. The van der Waals surface area contributed by atoms with Crippen LogP contribution in [0.2, 0.25) is 10.0 Å². The third kappa shape index (κ3) is 2.51. The van der Waals surface area contributed by atoms with Gasteiger partial charge in [0.05, 0.1) is 5.25 Å². The van der Waals surface area contributed by atoms with Crippen LogP contribution in [0.3, 0.4) is 0 Å². The van der Waals surface area contributed by atoms with Gasteiger partial charge in [0.15, 0.2) is 5.17 Å². The number of aliphatic imine (C=N–C) groups is 1. The minimum atomic E-state index is -0.282. The predicted molar refractivity (Wildman–Crippen MR) is 68.2 cm³/mol. The number of amides is 1. The number of nitrogens with two attached hydrogens (primary N) is 1. The Kier molecular flexibility index (Phi) is 3.42. The smallest absolute Gasteiger partial charge is 0.261 e. The molecule has 1 aliphatic rings. The minimum Gasteiger partial charge on any atom is -0.378 e. The summed E-state index contributed by atoms with van der Waals surface area (Å²) in [5, 5.41) is 1.23. The highest BCUT2D eigenvalue weighted by Gasteiger charge is 2.27. The fraction of sp³-hybridized carbons (Fsp3) is 0.200. The van der Waals surface area contributed by atoms with Gasteiger partial charge in [0.1, 0.15) is 0 Å². The van der Waals surface area contributed by atoms with Gasteiger partial charge in [-0.25, -0.2) is 0 Å². The zero-order chi connectivity index (χ0) is 11.7. The Morgan fingerprint density at radius 2 is 2.19 bits per heavy atom. The van der Waals surface area contributed by atoms with Crippen molar-refractivity contribution in [1.82, 2.24) is 0 Å².